The van der Waals surface area contributed by atoms with E-state index in [1.807, 2.05) is 18.2 Å². The van der Waals surface area contributed by atoms with Crippen molar-refractivity contribution in [3.8, 4) is 0 Å². The average Bonchev–Trinajstić information content (AvgIpc) is 2.32. The summed E-state index contributed by atoms with van der Waals surface area (Å²) in [5, 5.41) is 11.1. The number of allylic oxidation sites excluding steroid dienone is 2. The Labute approximate surface area is 114 Å². The fourth-order valence-electron chi connectivity index (χ4n) is 2.57. The minimum absolute atomic E-state index is 0.223. The third-order valence-electron chi connectivity index (χ3n) is 3.87. The fraction of sp³-hybridized carbons (Fsp3) is 0.375. The molecule has 2 heteroatoms. The van der Waals surface area contributed by atoms with E-state index in [0.29, 0.717) is 0 Å². The Balaban J connectivity index is 2.26. The van der Waals surface area contributed by atoms with Gasteiger partial charge < -0.3 is 0 Å². The van der Waals surface area contributed by atoms with E-state index in [2.05, 4.69) is 51.2 Å². The molecule has 0 fully saturated rings. The third kappa shape index (κ3) is 2.72. The molecule has 0 bridgehead atoms. The van der Waals surface area contributed by atoms with Crippen LogP contribution in [-0.4, -0.2) is 27.1 Å². The Hall–Kier alpha value is -0.541. The predicted octanol–water partition coefficient (Wildman–Crippen LogP) is 3.58. The summed E-state index contributed by atoms with van der Waals surface area (Å²) in [4.78, 5) is 6.91. The Kier molecular flexibility index (Phi) is 4.02. The third-order valence-corrected chi connectivity index (χ3v) is 12.3. The molecule has 2 rings (SSSR count). The van der Waals surface area contributed by atoms with Crippen LogP contribution in [0.1, 0.15) is 5.56 Å². The van der Waals surface area contributed by atoms with Gasteiger partial charge in [-0.25, -0.2) is 0 Å². The van der Waals surface area contributed by atoms with Gasteiger partial charge in [0, 0.05) is 0 Å². The van der Waals surface area contributed by atoms with Gasteiger partial charge in [0.25, 0.3) is 0 Å². The van der Waals surface area contributed by atoms with Crippen molar-refractivity contribution >= 4 is 18.4 Å². The Morgan fingerprint density at radius 1 is 1.11 bits per heavy atom. The maximum atomic E-state index is 11.1. The molecule has 1 aromatic carbocycles. The molecule has 2 unspecified atom stereocenters. The second kappa shape index (κ2) is 5.22. The zero-order valence-electron chi connectivity index (χ0n) is 11.4. The SMILES string of the molecule is [CH3][Sn]([CH3])([CH3])[C]1(O)C=CC=CC1Cc1ccccc1. The molecule has 1 aromatic rings. The molecule has 0 saturated heterocycles. The van der Waals surface area contributed by atoms with Gasteiger partial charge in [-0.3, -0.25) is 0 Å². The molecule has 1 aliphatic carbocycles. The monoisotopic (exact) mass is 350 g/mol. The molecule has 0 aliphatic heterocycles. The topological polar surface area (TPSA) is 20.2 Å². The van der Waals surface area contributed by atoms with E-state index in [-0.39, 0.29) is 5.92 Å². The normalized spacial score (nSPS) is 27.4. The average molecular weight is 349 g/mol. The van der Waals surface area contributed by atoms with Crippen LogP contribution in [-0.2, 0) is 6.42 Å². The van der Waals surface area contributed by atoms with Crippen molar-refractivity contribution in [2.75, 3.05) is 0 Å². The van der Waals surface area contributed by atoms with Crippen LogP contribution in [0.3, 0.4) is 0 Å². The van der Waals surface area contributed by atoms with E-state index in [1.165, 1.54) is 5.56 Å². The maximum absolute atomic E-state index is 11.1. The van der Waals surface area contributed by atoms with Crippen molar-refractivity contribution in [2.45, 2.75) is 24.9 Å². The van der Waals surface area contributed by atoms with Crippen LogP contribution < -0.4 is 0 Å². The molecule has 1 N–H and O–H groups in total. The van der Waals surface area contributed by atoms with Crippen molar-refractivity contribution < 1.29 is 5.11 Å². The molecule has 2 atom stereocenters. The standard InChI is InChI=1S/C13H13O.3CH3.Sn/c14-13-9-5-4-8-12(13)10-11-6-2-1-3-7-11;;;;/h1-9,12,14H,10H2;3*1H3;. The molecule has 0 saturated carbocycles. The zero-order chi connectivity index (χ0) is 13.2. The van der Waals surface area contributed by atoms with Gasteiger partial charge in [0.1, 0.15) is 0 Å². The van der Waals surface area contributed by atoms with Gasteiger partial charge >= 0.3 is 114 Å². The van der Waals surface area contributed by atoms with E-state index in [4.69, 9.17) is 0 Å². The summed E-state index contributed by atoms with van der Waals surface area (Å²) >= 11 is -2.45. The molecule has 0 amide bonds. The van der Waals surface area contributed by atoms with E-state index in [0.717, 1.165) is 6.42 Å². The number of rotatable bonds is 3. The van der Waals surface area contributed by atoms with Crippen LogP contribution in [0.15, 0.2) is 54.6 Å². The molecular weight excluding hydrogens is 327 g/mol. The summed E-state index contributed by atoms with van der Waals surface area (Å²) in [6.45, 7) is 0. The van der Waals surface area contributed by atoms with Gasteiger partial charge in [-0.15, -0.1) is 0 Å². The predicted molar refractivity (Wildman–Crippen MR) is 80.2 cm³/mol. The summed E-state index contributed by atoms with van der Waals surface area (Å²) < 4.78 is -0.570. The van der Waals surface area contributed by atoms with Crippen LogP contribution in [0.5, 0.6) is 0 Å². The second-order valence-electron chi connectivity index (χ2n) is 6.12. The van der Waals surface area contributed by atoms with Crippen molar-refractivity contribution in [3.63, 3.8) is 0 Å². The van der Waals surface area contributed by atoms with Gasteiger partial charge in [-0.1, -0.05) is 0 Å². The van der Waals surface area contributed by atoms with E-state index in [9.17, 15) is 5.11 Å². The van der Waals surface area contributed by atoms with E-state index < -0.39 is 22.0 Å². The molecule has 0 radical (unpaired) electrons. The van der Waals surface area contributed by atoms with Gasteiger partial charge in [0.2, 0.25) is 0 Å². The van der Waals surface area contributed by atoms with Crippen LogP contribution >= 0.6 is 0 Å². The number of hydrogen-bond acceptors (Lipinski definition) is 1. The first-order valence-corrected chi connectivity index (χ1v) is 16.5. The summed E-state index contributed by atoms with van der Waals surface area (Å²) in [7, 11) is 0. The molecule has 1 nitrogen and oxygen atoms in total. The fourth-order valence-corrected chi connectivity index (χ4v) is 8.01. The summed E-state index contributed by atoms with van der Waals surface area (Å²) in [6, 6.07) is 10.5. The van der Waals surface area contributed by atoms with E-state index in [1.54, 1.807) is 0 Å². The second-order valence-corrected chi connectivity index (χ2v) is 21.2. The molecule has 0 spiro atoms. The van der Waals surface area contributed by atoms with Crippen LogP contribution in [0, 0.1) is 5.92 Å². The molecule has 1 aliphatic rings. The summed E-state index contributed by atoms with van der Waals surface area (Å²) in [6.07, 6.45) is 9.21. The van der Waals surface area contributed by atoms with Crippen LogP contribution in [0.25, 0.3) is 0 Å². The summed E-state index contributed by atoms with van der Waals surface area (Å²) in [5.41, 5.74) is 1.30. The Morgan fingerprint density at radius 3 is 2.39 bits per heavy atom. The molecule has 0 aromatic heterocycles. The van der Waals surface area contributed by atoms with Crippen molar-refractivity contribution in [1.82, 2.24) is 0 Å². The number of hydrogen-bond donors (Lipinski definition) is 1. The summed E-state index contributed by atoms with van der Waals surface area (Å²) in [5.74, 6) is 0.223. The number of benzene rings is 1. The van der Waals surface area contributed by atoms with Crippen molar-refractivity contribution in [3.05, 3.63) is 60.2 Å². The van der Waals surface area contributed by atoms with E-state index >= 15 is 0 Å². The van der Waals surface area contributed by atoms with Crippen LogP contribution in [0.4, 0.5) is 0 Å². The van der Waals surface area contributed by atoms with Crippen LogP contribution in [0.2, 0.25) is 14.8 Å². The molecule has 0 heterocycles. The van der Waals surface area contributed by atoms with Gasteiger partial charge in [-0.2, -0.15) is 0 Å². The van der Waals surface area contributed by atoms with Crippen molar-refractivity contribution in [2.24, 2.45) is 5.92 Å². The van der Waals surface area contributed by atoms with Crippen molar-refractivity contribution in [1.29, 1.82) is 0 Å². The van der Waals surface area contributed by atoms with Gasteiger partial charge in [0.15, 0.2) is 0 Å². The first-order valence-electron chi connectivity index (χ1n) is 6.56. The molecule has 96 valence electrons. The quantitative estimate of drug-likeness (QED) is 0.828. The molecule has 18 heavy (non-hydrogen) atoms. The minimum atomic E-state index is -2.45. The first-order chi connectivity index (χ1) is 8.43. The Bertz CT molecular complexity index is 456. The first kappa shape index (κ1) is 13.9. The van der Waals surface area contributed by atoms with Gasteiger partial charge in [0.05, 0.1) is 0 Å². The van der Waals surface area contributed by atoms with Gasteiger partial charge in [-0.05, 0) is 0 Å². The number of aliphatic hydroxyl groups is 1. The molecular formula is C16H22OSn. The Morgan fingerprint density at radius 2 is 1.78 bits per heavy atom. The zero-order valence-corrected chi connectivity index (χ0v) is 14.3.